The van der Waals surface area contributed by atoms with Gasteiger partial charge < -0.3 is 20.3 Å². The molecule has 0 radical (unpaired) electrons. The second-order valence-electron chi connectivity index (χ2n) is 23.9. The van der Waals surface area contributed by atoms with Crippen LogP contribution in [0.15, 0.2) is 24.3 Å². The molecule has 6 nitrogen and oxygen atoms in total. The first-order chi connectivity index (χ1) is 37.5. The van der Waals surface area contributed by atoms with Crippen LogP contribution in [0.5, 0.6) is 0 Å². The fraction of sp³-hybridized carbons (Fsp3) is 0.914. The fourth-order valence-electron chi connectivity index (χ4n) is 11.0. The van der Waals surface area contributed by atoms with E-state index in [4.69, 9.17) is 4.74 Å². The van der Waals surface area contributed by atoms with Gasteiger partial charge in [0.2, 0.25) is 5.91 Å². The number of ether oxygens (including phenoxy) is 1. The SMILES string of the molecule is CCC/C=C\C/C=C\CCCCCCCC(=O)OCCCCCCCCCCCCCCCCCCCCCCCCCCCCCC(=O)NC(CO)C(O)CCCCCCCCCCCCCCCCCCCCC. The van der Waals surface area contributed by atoms with Crippen molar-refractivity contribution in [3.63, 3.8) is 0 Å². The van der Waals surface area contributed by atoms with Crippen LogP contribution >= 0.6 is 0 Å². The predicted octanol–water partition coefficient (Wildman–Crippen LogP) is 22.1. The van der Waals surface area contributed by atoms with E-state index in [0.29, 0.717) is 25.9 Å². The smallest absolute Gasteiger partial charge is 0.305 e. The van der Waals surface area contributed by atoms with Gasteiger partial charge in [0.05, 0.1) is 25.4 Å². The van der Waals surface area contributed by atoms with Crippen molar-refractivity contribution in [1.29, 1.82) is 0 Å². The number of aliphatic hydroxyl groups excluding tert-OH is 2. The van der Waals surface area contributed by atoms with Crippen LogP contribution < -0.4 is 5.32 Å². The largest absolute Gasteiger partial charge is 0.466 e. The van der Waals surface area contributed by atoms with Crippen LogP contribution in [0.25, 0.3) is 0 Å². The van der Waals surface area contributed by atoms with Crippen LogP contribution in [0.4, 0.5) is 0 Å². The van der Waals surface area contributed by atoms with Crippen LogP contribution in [-0.2, 0) is 14.3 Å². The number of rotatable bonds is 65. The summed E-state index contributed by atoms with van der Waals surface area (Å²) in [5, 5.41) is 23.4. The molecular formula is C70H135NO5. The number of unbranched alkanes of at least 4 members (excludes halogenated alkanes) is 50. The molecule has 3 N–H and O–H groups in total. The lowest BCUT2D eigenvalue weighted by atomic mass is 10.0. The summed E-state index contributed by atoms with van der Waals surface area (Å²) >= 11 is 0. The second kappa shape index (κ2) is 65.9. The van der Waals surface area contributed by atoms with E-state index < -0.39 is 12.1 Å². The maximum Gasteiger partial charge on any atom is 0.305 e. The predicted molar refractivity (Wildman–Crippen MR) is 333 cm³/mol. The molecule has 0 aromatic carbocycles. The van der Waals surface area contributed by atoms with Crippen molar-refractivity contribution >= 4 is 11.9 Å². The summed E-state index contributed by atoms with van der Waals surface area (Å²) in [6.45, 7) is 4.92. The van der Waals surface area contributed by atoms with E-state index in [0.717, 1.165) is 51.4 Å². The normalized spacial score (nSPS) is 12.6. The van der Waals surface area contributed by atoms with Gasteiger partial charge in [-0.1, -0.05) is 346 Å². The summed E-state index contributed by atoms with van der Waals surface area (Å²) in [5.74, 6) is -0.0251. The molecule has 0 bridgehead atoms. The number of nitrogens with one attached hydrogen (secondary N) is 1. The van der Waals surface area contributed by atoms with E-state index in [-0.39, 0.29) is 18.5 Å². The van der Waals surface area contributed by atoms with Gasteiger partial charge in [-0.05, 0) is 51.4 Å². The van der Waals surface area contributed by atoms with Crippen molar-refractivity contribution in [2.45, 2.75) is 398 Å². The molecule has 0 aliphatic heterocycles. The Morgan fingerprint density at radius 3 is 1.05 bits per heavy atom. The lowest BCUT2D eigenvalue weighted by Crippen LogP contribution is -2.45. The Hall–Kier alpha value is -1.66. The van der Waals surface area contributed by atoms with Crippen molar-refractivity contribution in [1.82, 2.24) is 5.32 Å². The number of hydrogen-bond donors (Lipinski definition) is 3. The topological polar surface area (TPSA) is 95.9 Å². The van der Waals surface area contributed by atoms with Gasteiger partial charge in [-0.25, -0.2) is 0 Å². The first kappa shape index (κ1) is 74.3. The summed E-state index contributed by atoms with van der Waals surface area (Å²) < 4.78 is 5.48. The Morgan fingerprint density at radius 1 is 0.368 bits per heavy atom. The van der Waals surface area contributed by atoms with E-state index in [2.05, 4.69) is 43.5 Å². The van der Waals surface area contributed by atoms with Crippen molar-refractivity contribution in [3.05, 3.63) is 24.3 Å². The van der Waals surface area contributed by atoms with Crippen LogP contribution in [0, 0.1) is 0 Å². The maximum absolute atomic E-state index is 12.5. The molecule has 1 amide bonds. The highest BCUT2D eigenvalue weighted by Crippen LogP contribution is 2.19. The highest BCUT2D eigenvalue weighted by molar-refractivity contribution is 5.76. The van der Waals surface area contributed by atoms with E-state index in [1.54, 1.807) is 0 Å². The second-order valence-corrected chi connectivity index (χ2v) is 23.9. The Bertz CT molecular complexity index is 1190. The third kappa shape index (κ3) is 61.6. The maximum atomic E-state index is 12.5. The number of carbonyl (C=O) groups excluding carboxylic acids is 2. The standard InChI is InChI=1S/C70H135NO5/c1-3-5-7-9-11-13-15-17-18-19-29-32-35-39-42-46-50-54-58-62-68(73)67(66-72)71-69(74)63-59-55-51-47-43-40-36-33-30-27-25-23-21-20-22-24-26-28-31-34-37-41-45-49-53-57-61-65-76-70(75)64-60-56-52-48-44-38-16-14-12-10-8-6-4-2/h8,10,14,16,67-68,72-73H,3-7,9,11-13,15,17-66H2,1-2H3,(H,71,74)/b10-8-,16-14-. The number of aliphatic hydroxyl groups is 2. The highest BCUT2D eigenvalue weighted by atomic mass is 16.5. The number of esters is 1. The first-order valence-corrected chi connectivity index (χ1v) is 34.6. The van der Waals surface area contributed by atoms with Crippen LogP contribution in [-0.4, -0.2) is 47.4 Å². The van der Waals surface area contributed by atoms with Crippen molar-refractivity contribution < 1.29 is 24.5 Å². The third-order valence-corrected chi connectivity index (χ3v) is 16.2. The zero-order chi connectivity index (χ0) is 55.0. The van der Waals surface area contributed by atoms with Crippen molar-refractivity contribution in [2.75, 3.05) is 13.2 Å². The number of carbonyl (C=O) groups is 2. The van der Waals surface area contributed by atoms with Gasteiger partial charge in [0.25, 0.3) is 0 Å². The molecule has 0 aliphatic rings. The molecule has 0 aromatic heterocycles. The molecule has 450 valence electrons. The Morgan fingerprint density at radius 2 is 0.684 bits per heavy atom. The average molecular weight is 1070 g/mol. The minimum atomic E-state index is -0.663. The third-order valence-electron chi connectivity index (χ3n) is 16.2. The molecule has 0 rings (SSSR count). The summed E-state index contributed by atoms with van der Waals surface area (Å²) in [7, 11) is 0. The molecule has 0 saturated carbocycles. The fourth-order valence-corrected chi connectivity index (χ4v) is 11.0. The Labute approximate surface area is 475 Å². The minimum absolute atomic E-state index is 0.00330. The molecule has 0 aromatic rings. The van der Waals surface area contributed by atoms with E-state index in [9.17, 15) is 19.8 Å². The number of amides is 1. The van der Waals surface area contributed by atoms with Crippen LogP contribution in [0.3, 0.4) is 0 Å². The van der Waals surface area contributed by atoms with Gasteiger partial charge in [0.15, 0.2) is 0 Å². The Kier molecular flexibility index (Phi) is 64.4. The van der Waals surface area contributed by atoms with Crippen molar-refractivity contribution in [3.8, 4) is 0 Å². The summed E-state index contributed by atoms with van der Waals surface area (Å²) in [6, 6.07) is -0.540. The first-order valence-electron chi connectivity index (χ1n) is 34.6. The van der Waals surface area contributed by atoms with E-state index in [1.807, 2.05) is 0 Å². The molecule has 2 unspecified atom stereocenters. The van der Waals surface area contributed by atoms with Gasteiger partial charge >= 0.3 is 5.97 Å². The number of allylic oxidation sites excluding steroid dienone is 4. The quantitative estimate of drug-likeness (QED) is 0.0320. The zero-order valence-electron chi connectivity index (χ0n) is 51.5. The molecule has 0 aliphatic carbocycles. The van der Waals surface area contributed by atoms with Crippen LogP contribution in [0.1, 0.15) is 386 Å². The van der Waals surface area contributed by atoms with Gasteiger partial charge in [0.1, 0.15) is 0 Å². The molecular weight excluding hydrogens is 935 g/mol. The molecule has 0 spiro atoms. The van der Waals surface area contributed by atoms with Gasteiger partial charge in [-0.15, -0.1) is 0 Å². The number of hydrogen-bond acceptors (Lipinski definition) is 5. The lowest BCUT2D eigenvalue weighted by Gasteiger charge is -2.22. The molecule has 2 atom stereocenters. The Balaban J connectivity index is 3.35. The lowest BCUT2D eigenvalue weighted by molar-refractivity contribution is -0.143. The van der Waals surface area contributed by atoms with Crippen molar-refractivity contribution in [2.24, 2.45) is 0 Å². The van der Waals surface area contributed by atoms with E-state index in [1.165, 1.54) is 302 Å². The minimum Gasteiger partial charge on any atom is -0.466 e. The van der Waals surface area contributed by atoms with E-state index >= 15 is 0 Å². The van der Waals surface area contributed by atoms with Crippen LogP contribution in [0.2, 0.25) is 0 Å². The van der Waals surface area contributed by atoms with Gasteiger partial charge in [-0.3, -0.25) is 9.59 Å². The zero-order valence-corrected chi connectivity index (χ0v) is 51.5. The molecule has 0 heterocycles. The van der Waals surface area contributed by atoms with Gasteiger partial charge in [0, 0.05) is 12.8 Å². The molecule has 6 heteroatoms. The monoisotopic (exact) mass is 1070 g/mol. The highest BCUT2D eigenvalue weighted by Gasteiger charge is 2.20. The van der Waals surface area contributed by atoms with Gasteiger partial charge in [-0.2, -0.15) is 0 Å². The average Bonchev–Trinajstić information content (AvgIpc) is 3.42. The molecule has 0 saturated heterocycles. The summed E-state index contributed by atoms with van der Waals surface area (Å²) in [4.78, 5) is 24.6. The molecule has 76 heavy (non-hydrogen) atoms. The summed E-state index contributed by atoms with van der Waals surface area (Å²) in [5.41, 5.74) is 0. The molecule has 0 fully saturated rings. The summed E-state index contributed by atoms with van der Waals surface area (Å²) in [6.07, 6.45) is 82.2.